The molecule has 158 valence electrons. The number of aromatic nitrogens is 1. The largest absolute Gasteiger partial charge is 0.502 e. The first-order chi connectivity index (χ1) is 14.9. The van der Waals surface area contributed by atoms with Crippen LogP contribution in [0.15, 0.2) is 70.7 Å². The number of pyridine rings is 1. The lowest BCUT2D eigenvalue weighted by atomic mass is 10.2. The lowest BCUT2D eigenvalue weighted by Gasteiger charge is -2.08. The second-order valence-corrected chi connectivity index (χ2v) is 6.41. The van der Waals surface area contributed by atoms with Crippen molar-refractivity contribution in [2.75, 3.05) is 7.11 Å². The summed E-state index contributed by atoms with van der Waals surface area (Å²) in [4.78, 5) is 35.1. The predicted molar refractivity (Wildman–Crippen MR) is 113 cm³/mol. The van der Waals surface area contributed by atoms with Crippen molar-refractivity contribution in [1.29, 1.82) is 0 Å². The molecule has 0 aliphatic carbocycles. The first-order valence-corrected chi connectivity index (χ1v) is 9.02. The van der Waals surface area contributed by atoms with Crippen LogP contribution in [0.5, 0.6) is 11.5 Å². The van der Waals surface area contributed by atoms with Crippen LogP contribution < -0.4 is 15.7 Å². The maximum Gasteiger partial charge on any atom is 0.311 e. The Morgan fingerprint density at radius 1 is 1.26 bits per heavy atom. The van der Waals surface area contributed by atoms with Crippen molar-refractivity contribution in [2.45, 2.75) is 6.54 Å². The van der Waals surface area contributed by atoms with E-state index in [1.54, 1.807) is 31.5 Å². The molecule has 3 rings (SSSR count). The molecule has 0 bridgehead atoms. The lowest BCUT2D eigenvalue weighted by Crippen LogP contribution is -2.30. The predicted octanol–water partition coefficient (Wildman–Crippen LogP) is 2.28. The Bertz CT molecular complexity index is 1200. The van der Waals surface area contributed by atoms with E-state index in [9.17, 15) is 24.8 Å². The molecule has 31 heavy (non-hydrogen) atoms. The van der Waals surface area contributed by atoms with E-state index in [-0.39, 0.29) is 17.7 Å². The van der Waals surface area contributed by atoms with Crippen LogP contribution in [0.2, 0.25) is 0 Å². The van der Waals surface area contributed by atoms with E-state index in [4.69, 9.17) is 4.74 Å². The fourth-order valence-corrected chi connectivity index (χ4v) is 2.75. The van der Waals surface area contributed by atoms with Gasteiger partial charge in [-0.3, -0.25) is 19.7 Å². The normalized spacial score (nSPS) is 10.7. The quantitative estimate of drug-likeness (QED) is 0.341. The molecular formula is C21H18N4O6. The van der Waals surface area contributed by atoms with Gasteiger partial charge in [0.2, 0.25) is 0 Å². The molecule has 1 aromatic heterocycles. The molecule has 0 unspecified atom stereocenters. The standard InChI is InChI=1S/C21H18N4O6/c1-31-16-7-4-14(5-8-16)13-24-10-2-3-17(21(24)28)20(27)23-22-12-15-6-9-19(26)18(11-15)25(29)30/h2-12,26H,13H2,1H3,(H,23,27)/b22-12-. The Morgan fingerprint density at radius 3 is 2.68 bits per heavy atom. The highest BCUT2D eigenvalue weighted by atomic mass is 16.6. The van der Waals surface area contributed by atoms with E-state index in [2.05, 4.69) is 10.5 Å². The molecule has 2 aromatic carbocycles. The molecule has 10 nitrogen and oxygen atoms in total. The number of nitro benzene ring substituents is 1. The Labute approximate surface area is 176 Å². The number of nitrogens with zero attached hydrogens (tertiary/aromatic N) is 3. The van der Waals surface area contributed by atoms with Gasteiger partial charge in [-0.25, -0.2) is 5.43 Å². The molecular weight excluding hydrogens is 404 g/mol. The summed E-state index contributed by atoms with van der Waals surface area (Å²) >= 11 is 0. The van der Waals surface area contributed by atoms with E-state index in [0.29, 0.717) is 5.75 Å². The van der Waals surface area contributed by atoms with Crippen LogP contribution in [0.25, 0.3) is 0 Å². The molecule has 0 saturated carbocycles. The number of aromatic hydroxyl groups is 1. The van der Waals surface area contributed by atoms with Gasteiger partial charge < -0.3 is 14.4 Å². The highest BCUT2D eigenvalue weighted by Gasteiger charge is 2.14. The van der Waals surface area contributed by atoms with Gasteiger partial charge in [-0.1, -0.05) is 12.1 Å². The van der Waals surface area contributed by atoms with Gasteiger partial charge in [-0.05, 0) is 42.0 Å². The summed E-state index contributed by atoms with van der Waals surface area (Å²) in [5.41, 5.74) is 2.28. The number of hydrogen-bond donors (Lipinski definition) is 2. The zero-order valence-corrected chi connectivity index (χ0v) is 16.4. The van der Waals surface area contributed by atoms with Gasteiger partial charge in [-0.15, -0.1) is 0 Å². The van der Waals surface area contributed by atoms with Crippen molar-refractivity contribution in [3.8, 4) is 11.5 Å². The molecule has 1 amide bonds. The molecule has 0 saturated heterocycles. The fraction of sp³-hybridized carbons (Fsp3) is 0.0952. The number of methoxy groups -OCH3 is 1. The number of nitrogens with one attached hydrogen (secondary N) is 1. The number of amides is 1. The summed E-state index contributed by atoms with van der Waals surface area (Å²) < 4.78 is 6.50. The Balaban J connectivity index is 1.72. The maximum absolute atomic E-state index is 12.7. The van der Waals surface area contributed by atoms with Gasteiger partial charge in [0.05, 0.1) is 24.8 Å². The molecule has 0 atom stereocenters. The summed E-state index contributed by atoms with van der Waals surface area (Å²) in [5.74, 6) is -0.507. The highest BCUT2D eigenvalue weighted by Crippen LogP contribution is 2.25. The molecule has 3 aromatic rings. The minimum absolute atomic E-state index is 0.107. The van der Waals surface area contributed by atoms with Crippen molar-refractivity contribution >= 4 is 17.8 Å². The van der Waals surface area contributed by atoms with Crippen LogP contribution in [-0.2, 0) is 6.54 Å². The molecule has 0 aliphatic rings. The first-order valence-electron chi connectivity index (χ1n) is 9.02. The van der Waals surface area contributed by atoms with Gasteiger partial charge in [0.15, 0.2) is 5.75 Å². The number of hydrogen-bond acceptors (Lipinski definition) is 7. The fourth-order valence-electron chi connectivity index (χ4n) is 2.75. The second-order valence-electron chi connectivity index (χ2n) is 6.41. The van der Waals surface area contributed by atoms with Crippen LogP contribution in [-0.4, -0.2) is 33.8 Å². The van der Waals surface area contributed by atoms with Crippen LogP contribution >= 0.6 is 0 Å². The van der Waals surface area contributed by atoms with Crippen molar-refractivity contribution < 1.29 is 19.6 Å². The van der Waals surface area contributed by atoms with E-state index in [0.717, 1.165) is 17.7 Å². The lowest BCUT2D eigenvalue weighted by molar-refractivity contribution is -0.385. The number of carbonyl (C=O) groups is 1. The van der Waals surface area contributed by atoms with Crippen molar-refractivity contribution in [2.24, 2.45) is 5.10 Å². The molecule has 1 heterocycles. The third-order valence-electron chi connectivity index (χ3n) is 4.35. The van der Waals surface area contributed by atoms with Gasteiger partial charge >= 0.3 is 5.69 Å². The number of phenols is 1. The molecule has 0 aliphatic heterocycles. The van der Waals surface area contributed by atoms with E-state index < -0.39 is 27.8 Å². The summed E-state index contributed by atoms with van der Waals surface area (Å²) in [5, 5.41) is 24.0. The summed E-state index contributed by atoms with van der Waals surface area (Å²) in [6, 6.07) is 13.8. The number of carbonyl (C=O) groups excluding carboxylic acids is 1. The van der Waals surface area contributed by atoms with Crippen molar-refractivity contribution in [3.63, 3.8) is 0 Å². The number of hydrazone groups is 1. The smallest absolute Gasteiger partial charge is 0.311 e. The monoisotopic (exact) mass is 422 g/mol. The van der Waals surface area contributed by atoms with Gasteiger partial charge in [0.1, 0.15) is 11.3 Å². The number of ether oxygens (including phenoxy) is 1. The molecule has 10 heteroatoms. The number of rotatable bonds is 7. The minimum Gasteiger partial charge on any atom is -0.502 e. The molecule has 0 spiro atoms. The van der Waals surface area contributed by atoms with E-state index in [1.807, 2.05) is 12.1 Å². The minimum atomic E-state index is -0.736. The molecule has 0 fully saturated rings. The Hall–Kier alpha value is -4.47. The summed E-state index contributed by atoms with van der Waals surface area (Å²) in [7, 11) is 1.56. The van der Waals surface area contributed by atoms with Crippen LogP contribution in [0.3, 0.4) is 0 Å². The summed E-state index contributed by atoms with van der Waals surface area (Å²) in [6.07, 6.45) is 2.74. The third kappa shape index (κ3) is 5.12. The van der Waals surface area contributed by atoms with E-state index >= 15 is 0 Å². The van der Waals surface area contributed by atoms with E-state index in [1.165, 1.54) is 22.9 Å². The zero-order chi connectivity index (χ0) is 22.4. The number of phenolic OH excluding ortho intramolecular Hbond substituents is 1. The maximum atomic E-state index is 12.7. The van der Waals surface area contributed by atoms with Crippen LogP contribution in [0, 0.1) is 10.1 Å². The average molecular weight is 422 g/mol. The topological polar surface area (TPSA) is 136 Å². The third-order valence-corrected chi connectivity index (χ3v) is 4.35. The summed E-state index contributed by atoms with van der Waals surface area (Å²) in [6.45, 7) is 0.268. The highest BCUT2D eigenvalue weighted by molar-refractivity contribution is 5.94. The Morgan fingerprint density at radius 2 is 2.00 bits per heavy atom. The van der Waals surface area contributed by atoms with Crippen molar-refractivity contribution in [1.82, 2.24) is 9.99 Å². The van der Waals surface area contributed by atoms with Gasteiger partial charge in [0, 0.05) is 17.8 Å². The van der Waals surface area contributed by atoms with Crippen LogP contribution in [0.1, 0.15) is 21.5 Å². The zero-order valence-electron chi connectivity index (χ0n) is 16.4. The molecule has 2 N–H and O–H groups in total. The Kier molecular flexibility index (Phi) is 6.41. The second kappa shape index (κ2) is 9.35. The SMILES string of the molecule is COc1ccc(Cn2cccc(C(=O)N/N=C\c3ccc(O)c([N+](=O)[O-])c3)c2=O)cc1. The van der Waals surface area contributed by atoms with Gasteiger partial charge in [-0.2, -0.15) is 5.10 Å². The molecule has 0 radical (unpaired) electrons. The number of nitro groups is 1. The van der Waals surface area contributed by atoms with Gasteiger partial charge in [0.25, 0.3) is 11.5 Å². The average Bonchev–Trinajstić information content (AvgIpc) is 2.76. The van der Waals surface area contributed by atoms with Crippen LogP contribution in [0.4, 0.5) is 5.69 Å². The first kappa shape index (κ1) is 21.2. The number of benzene rings is 2. The van der Waals surface area contributed by atoms with Crippen molar-refractivity contribution in [3.05, 3.63) is 98.0 Å².